The number of likely N-dealkylation sites (tertiary alicyclic amines) is 1. The average Bonchev–Trinajstić information content (AvgIpc) is 3.22. The summed E-state index contributed by atoms with van der Waals surface area (Å²) in [5, 5.41) is 14.9. The zero-order chi connectivity index (χ0) is 21.2. The van der Waals surface area contributed by atoms with Gasteiger partial charge in [-0.15, -0.1) is 0 Å². The number of nitrogens with zero attached hydrogens (tertiary/aromatic N) is 2. The summed E-state index contributed by atoms with van der Waals surface area (Å²) in [6.07, 6.45) is 3.59. The molecule has 0 atom stereocenters. The number of carbonyl (C=O) groups is 1. The highest BCUT2D eigenvalue weighted by atomic mass is 16.3. The van der Waals surface area contributed by atoms with E-state index < -0.39 is 0 Å². The number of furan rings is 1. The second-order valence-corrected chi connectivity index (χ2v) is 8.49. The lowest BCUT2D eigenvalue weighted by molar-refractivity contribution is 0.0737. The summed E-state index contributed by atoms with van der Waals surface area (Å²) in [7, 11) is 0. The van der Waals surface area contributed by atoms with Gasteiger partial charge in [-0.2, -0.15) is 0 Å². The molecule has 31 heavy (non-hydrogen) atoms. The van der Waals surface area contributed by atoms with E-state index in [2.05, 4.69) is 10.2 Å². The Morgan fingerprint density at radius 3 is 2.45 bits per heavy atom. The number of hydrogen-bond donors (Lipinski definition) is 2. The second kappa shape index (κ2) is 8.73. The molecular weight excluding hydrogens is 390 g/mol. The normalized spacial score (nSPS) is 17.9. The lowest BCUT2D eigenvalue weighted by Crippen LogP contribution is -2.46. The molecule has 0 spiro atoms. The van der Waals surface area contributed by atoms with E-state index in [1.54, 1.807) is 12.1 Å². The van der Waals surface area contributed by atoms with Crippen molar-refractivity contribution in [3.05, 3.63) is 53.6 Å². The maximum absolute atomic E-state index is 13.8. The molecule has 162 valence electrons. The number of hydrogen-bond acceptors (Lipinski definition) is 5. The summed E-state index contributed by atoms with van der Waals surface area (Å²) in [6.45, 7) is 5.56. The molecule has 0 saturated carbocycles. The number of phenolic OH excluding ortho intramolecular Hbond substituents is 1. The van der Waals surface area contributed by atoms with E-state index in [4.69, 9.17) is 4.42 Å². The zero-order valence-electron chi connectivity index (χ0n) is 17.8. The maximum Gasteiger partial charge on any atom is 0.258 e. The molecule has 2 saturated heterocycles. The number of amides is 1. The molecule has 0 aliphatic carbocycles. The van der Waals surface area contributed by atoms with Gasteiger partial charge < -0.3 is 19.7 Å². The molecule has 5 rings (SSSR count). The van der Waals surface area contributed by atoms with Crippen molar-refractivity contribution >= 4 is 16.9 Å². The van der Waals surface area contributed by atoms with Gasteiger partial charge in [0.15, 0.2) is 0 Å². The number of piperidine rings is 1. The van der Waals surface area contributed by atoms with Crippen LogP contribution in [0, 0.1) is 0 Å². The lowest BCUT2D eigenvalue weighted by atomic mass is 9.98. The first kappa shape index (κ1) is 20.1. The number of piperazine rings is 1. The van der Waals surface area contributed by atoms with E-state index in [0.717, 1.165) is 42.7 Å². The van der Waals surface area contributed by atoms with Crippen molar-refractivity contribution in [1.82, 2.24) is 15.1 Å². The molecule has 2 aromatic carbocycles. The van der Waals surface area contributed by atoms with Gasteiger partial charge in [-0.25, -0.2) is 0 Å². The summed E-state index contributed by atoms with van der Waals surface area (Å²) in [5.41, 5.74) is 2.90. The van der Waals surface area contributed by atoms with Crippen LogP contribution >= 0.6 is 0 Å². The third kappa shape index (κ3) is 3.93. The summed E-state index contributed by atoms with van der Waals surface area (Å²) in [5.74, 6) is 0.794. The van der Waals surface area contributed by atoms with Gasteiger partial charge >= 0.3 is 0 Å². The van der Waals surface area contributed by atoms with Gasteiger partial charge in [0.2, 0.25) is 0 Å². The maximum atomic E-state index is 13.8. The molecule has 3 heterocycles. The lowest BCUT2D eigenvalue weighted by Gasteiger charge is -2.28. The second-order valence-electron chi connectivity index (χ2n) is 8.49. The minimum Gasteiger partial charge on any atom is -0.508 e. The Morgan fingerprint density at radius 2 is 1.71 bits per heavy atom. The Labute approximate surface area is 182 Å². The largest absolute Gasteiger partial charge is 0.508 e. The first-order valence-corrected chi connectivity index (χ1v) is 11.3. The number of carbonyl (C=O) groups excluding carboxylic acids is 1. The van der Waals surface area contributed by atoms with Crippen LogP contribution in [0.4, 0.5) is 0 Å². The molecule has 1 amide bonds. The van der Waals surface area contributed by atoms with Crippen molar-refractivity contribution in [3.8, 4) is 17.1 Å². The number of benzene rings is 2. The number of nitrogens with one attached hydrogen (secondary N) is 1. The van der Waals surface area contributed by atoms with Crippen molar-refractivity contribution in [2.24, 2.45) is 0 Å². The van der Waals surface area contributed by atoms with Gasteiger partial charge in [-0.1, -0.05) is 36.8 Å². The van der Waals surface area contributed by atoms with Crippen LogP contribution in [0.2, 0.25) is 0 Å². The van der Waals surface area contributed by atoms with Gasteiger partial charge in [0.25, 0.3) is 5.91 Å². The van der Waals surface area contributed by atoms with Gasteiger partial charge in [0.1, 0.15) is 17.1 Å². The van der Waals surface area contributed by atoms with Crippen molar-refractivity contribution in [2.45, 2.75) is 25.8 Å². The topological polar surface area (TPSA) is 69.0 Å². The van der Waals surface area contributed by atoms with Crippen LogP contribution in [0.3, 0.4) is 0 Å². The monoisotopic (exact) mass is 419 g/mol. The first-order chi connectivity index (χ1) is 15.2. The van der Waals surface area contributed by atoms with Gasteiger partial charge in [0.05, 0.1) is 5.56 Å². The van der Waals surface area contributed by atoms with Crippen molar-refractivity contribution in [2.75, 3.05) is 39.3 Å². The van der Waals surface area contributed by atoms with E-state index in [1.165, 1.54) is 19.3 Å². The van der Waals surface area contributed by atoms with Crippen LogP contribution in [0.15, 0.2) is 46.9 Å². The number of rotatable bonds is 4. The average molecular weight is 420 g/mol. The van der Waals surface area contributed by atoms with Crippen LogP contribution in [-0.4, -0.2) is 60.1 Å². The smallest absolute Gasteiger partial charge is 0.258 e. The zero-order valence-corrected chi connectivity index (χ0v) is 17.8. The summed E-state index contributed by atoms with van der Waals surface area (Å²) < 4.78 is 6.29. The molecule has 2 N–H and O–H groups in total. The first-order valence-electron chi connectivity index (χ1n) is 11.3. The fourth-order valence-electron chi connectivity index (χ4n) is 4.77. The van der Waals surface area contributed by atoms with Crippen LogP contribution in [-0.2, 0) is 6.54 Å². The predicted octanol–water partition coefficient (Wildman–Crippen LogP) is 3.84. The van der Waals surface area contributed by atoms with Gasteiger partial charge in [-0.05, 0) is 38.1 Å². The molecule has 2 aliphatic heterocycles. The van der Waals surface area contributed by atoms with E-state index in [1.807, 2.05) is 35.2 Å². The SMILES string of the molecule is O=C(c1c(-c2ccccc2)oc2ccc(O)c(CN3CCCCC3)c12)N1CCNCC1. The van der Waals surface area contributed by atoms with Gasteiger partial charge in [-0.3, -0.25) is 9.69 Å². The van der Waals surface area contributed by atoms with E-state index in [9.17, 15) is 9.90 Å². The minimum absolute atomic E-state index is 0.0235. The third-order valence-corrected chi connectivity index (χ3v) is 6.42. The Kier molecular flexibility index (Phi) is 5.66. The number of phenols is 1. The molecule has 6 nitrogen and oxygen atoms in total. The Balaban J connectivity index is 1.67. The molecule has 1 aromatic heterocycles. The van der Waals surface area contributed by atoms with Crippen LogP contribution in [0.5, 0.6) is 5.75 Å². The molecule has 0 radical (unpaired) electrons. The molecule has 2 aliphatic rings. The highest BCUT2D eigenvalue weighted by Gasteiger charge is 2.30. The summed E-state index contributed by atoms with van der Waals surface area (Å²) in [4.78, 5) is 18.0. The molecule has 3 aromatic rings. The molecule has 6 heteroatoms. The standard InChI is InChI=1S/C25H29N3O3/c29-20-9-10-21-22(19(20)17-27-13-5-2-6-14-27)23(25(30)28-15-11-26-12-16-28)24(31-21)18-7-3-1-4-8-18/h1,3-4,7-10,26,29H,2,5-6,11-17H2. The van der Waals surface area contributed by atoms with Crippen molar-refractivity contribution < 1.29 is 14.3 Å². The quantitative estimate of drug-likeness (QED) is 0.673. The third-order valence-electron chi connectivity index (χ3n) is 6.42. The van der Waals surface area contributed by atoms with Crippen LogP contribution in [0.1, 0.15) is 35.2 Å². The van der Waals surface area contributed by atoms with Gasteiger partial charge in [0, 0.05) is 49.2 Å². The van der Waals surface area contributed by atoms with Crippen molar-refractivity contribution in [1.29, 1.82) is 0 Å². The highest BCUT2D eigenvalue weighted by Crippen LogP contribution is 2.40. The molecule has 0 bridgehead atoms. The van der Waals surface area contributed by atoms with E-state index >= 15 is 0 Å². The van der Waals surface area contributed by atoms with Crippen LogP contribution < -0.4 is 5.32 Å². The van der Waals surface area contributed by atoms with E-state index in [-0.39, 0.29) is 11.7 Å². The Morgan fingerprint density at radius 1 is 0.968 bits per heavy atom. The van der Waals surface area contributed by atoms with Crippen LogP contribution in [0.25, 0.3) is 22.3 Å². The number of fused-ring (bicyclic) bond motifs is 1. The molecule has 0 unspecified atom stereocenters. The fraction of sp³-hybridized carbons (Fsp3) is 0.400. The summed E-state index contributed by atoms with van der Waals surface area (Å²) >= 11 is 0. The highest BCUT2D eigenvalue weighted by molar-refractivity contribution is 6.12. The van der Waals surface area contributed by atoms with Crippen molar-refractivity contribution in [3.63, 3.8) is 0 Å². The predicted molar refractivity (Wildman–Crippen MR) is 121 cm³/mol. The summed E-state index contributed by atoms with van der Waals surface area (Å²) in [6, 6.07) is 13.3. The Bertz CT molecular complexity index is 1060. The molecule has 2 fully saturated rings. The fourth-order valence-corrected chi connectivity index (χ4v) is 4.77. The Hall–Kier alpha value is -2.83. The minimum atomic E-state index is -0.0235. The molecular formula is C25H29N3O3. The van der Waals surface area contributed by atoms with E-state index in [0.29, 0.717) is 36.5 Å². The number of aromatic hydroxyl groups is 1.